The van der Waals surface area contributed by atoms with Gasteiger partial charge < -0.3 is 20.6 Å². The lowest BCUT2D eigenvalue weighted by molar-refractivity contribution is -0.147. The number of urea groups is 1. The lowest BCUT2D eigenvalue weighted by atomic mass is 10.00. The number of carboxylic acids is 1. The Balaban J connectivity index is 2.87. The number of nitrogens with two attached hydrogens (primary N) is 1. The first-order valence-electron chi connectivity index (χ1n) is 6.91. The Bertz CT molecular complexity index is 399. The molecule has 0 radical (unpaired) electrons. The minimum Gasteiger partial charge on any atom is -0.480 e. The molecule has 1 aliphatic heterocycles. The molecular formula is C13H23N3O4. The standard InChI is InChI=1S/C13H23N3O4/c1-3-4-7-15(9-10(14)17)12(20)16-8-5-6-13(16,2)11(18)19/h3-9H2,1-2H3,(H2,14,17)(H,18,19). The fourth-order valence-electron chi connectivity index (χ4n) is 2.44. The molecule has 0 saturated carbocycles. The second-order valence-electron chi connectivity index (χ2n) is 5.36. The first kappa shape index (κ1) is 16.3. The highest BCUT2D eigenvalue weighted by atomic mass is 16.4. The van der Waals surface area contributed by atoms with E-state index in [1.54, 1.807) is 6.92 Å². The second-order valence-corrected chi connectivity index (χ2v) is 5.36. The minimum absolute atomic E-state index is 0.176. The van der Waals surface area contributed by atoms with E-state index in [9.17, 15) is 19.5 Å². The fraction of sp³-hybridized carbons (Fsp3) is 0.769. The Kier molecular flexibility index (Phi) is 5.35. The third kappa shape index (κ3) is 3.40. The lowest BCUT2D eigenvalue weighted by Crippen LogP contribution is -2.56. The summed E-state index contributed by atoms with van der Waals surface area (Å²) in [6.45, 7) is 4.14. The largest absolute Gasteiger partial charge is 0.480 e. The number of amides is 3. The smallest absolute Gasteiger partial charge is 0.329 e. The Morgan fingerprint density at radius 2 is 2.05 bits per heavy atom. The van der Waals surface area contributed by atoms with Gasteiger partial charge in [0.05, 0.1) is 0 Å². The molecule has 0 aliphatic carbocycles. The quantitative estimate of drug-likeness (QED) is 0.747. The minimum atomic E-state index is -1.20. The van der Waals surface area contributed by atoms with Gasteiger partial charge in [-0.25, -0.2) is 9.59 Å². The van der Waals surface area contributed by atoms with E-state index in [-0.39, 0.29) is 6.54 Å². The van der Waals surface area contributed by atoms with E-state index >= 15 is 0 Å². The van der Waals surface area contributed by atoms with Crippen molar-refractivity contribution in [3.05, 3.63) is 0 Å². The van der Waals surface area contributed by atoms with Crippen molar-refractivity contribution < 1.29 is 19.5 Å². The third-order valence-electron chi connectivity index (χ3n) is 3.73. The molecule has 0 aromatic rings. The van der Waals surface area contributed by atoms with Crippen molar-refractivity contribution in [1.29, 1.82) is 0 Å². The molecule has 1 aliphatic rings. The lowest BCUT2D eigenvalue weighted by Gasteiger charge is -2.35. The van der Waals surface area contributed by atoms with E-state index in [1.807, 2.05) is 6.92 Å². The number of aliphatic carboxylic acids is 1. The summed E-state index contributed by atoms with van der Waals surface area (Å²) in [5.41, 5.74) is 3.97. The molecule has 1 heterocycles. The molecule has 7 nitrogen and oxygen atoms in total. The molecule has 114 valence electrons. The number of carbonyl (C=O) groups excluding carboxylic acids is 2. The number of rotatable bonds is 6. The van der Waals surface area contributed by atoms with Crippen LogP contribution in [-0.4, -0.2) is 58.0 Å². The maximum atomic E-state index is 12.5. The molecule has 1 rings (SSSR count). The van der Waals surface area contributed by atoms with Crippen LogP contribution < -0.4 is 5.73 Å². The molecule has 1 fully saturated rings. The van der Waals surface area contributed by atoms with Crippen LogP contribution in [0.1, 0.15) is 39.5 Å². The normalized spacial score (nSPS) is 21.8. The van der Waals surface area contributed by atoms with Crippen molar-refractivity contribution in [2.75, 3.05) is 19.6 Å². The van der Waals surface area contributed by atoms with Crippen LogP contribution in [0.4, 0.5) is 4.79 Å². The van der Waals surface area contributed by atoms with Crippen LogP contribution in [0.25, 0.3) is 0 Å². The van der Waals surface area contributed by atoms with E-state index in [4.69, 9.17) is 5.73 Å². The van der Waals surface area contributed by atoms with Crippen molar-refractivity contribution in [3.8, 4) is 0 Å². The molecule has 0 bridgehead atoms. The maximum absolute atomic E-state index is 12.5. The van der Waals surface area contributed by atoms with Crippen LogP contribution in [0.3, 0.4) is 0 Å². The highest BCUT2D eigenvalue weighted by Gasteiger charge is 2.47. The van der Waals surface area contributed by atoms with E-state index in [1.165, 1.54) is 9.80 Å². The number of hydrogen-bond acceptors (Lipinski definition) is 3. The number of nitrogens with zero attached hydrogens (tertiary/aromatic N) is 2. The summed E-state index contributed by atoms with van der Waals surface area (Å²) in [4.78, 5) is 37.6. The van der Waals surface area contributed by atoms with Crippen molar-refractivity contribution in [2.24, 2.45) is 5.73 Å². The van der Waals surface area contributed by atoms with Crippen molar-refractivity contribution >= 4 is 17.9 Å². The highest BCUT2D eigenvalue weighted by molar-refractivity contribution is 5.88. The predicted octanol–water partition coefficient (Wildman–Crippen LogP) is 0.633. The SMILES string of the molecule is CCCCN(CC(N)=O)C(=O)N1CCCC1(C)C(=O)O. The van der Waals surface area contributed by atoms with E-state index in [0.717, 1.165) is 12.8 Å². The summed E-state index contributed by atoms with van der Waals surface area (Å²) in [5, 5.41) is 9.33. The molecule has 0 spiro atoms. The molecule has 1 unspecified atom stereocenters. The van der Waals surface area contributed by atoms with Gasteiger partial charge in [0.1, 0.15) is 12.1 Å². The number of primary amides is 1. The van der Waals surface area contributed by atoms with Gasteiger partial charge in [-0.3, -0.25) is 4.79 Å². The number of hydrogen-bond donors (Lipinski definition) is 2. The van der Waals surface area contributed by atoms with Crippen LogP contribution in [0.15, 0.2) is 0 Å². The summed E-state index contributed by atoms with van der Waals surface area (Å²) >= 11 is 0. The van der Waals surface area contributed by atoms with E-state index in [0.29, 0.717) is 25.9 Å². The first-order chi connectivity index (χ1) is 9.32. The Morgan fingerprint density at radius 1 is 1.40 bits per heavy atom. The van der Waals surface area contributed by atoms with Gasteiger partial charge in [0.25, 0.3) is 0 Å². The van der Waals surface area contributed by atoms with Crippen LogP contribution in [-0.2, 0) is 9.59 Å². The van der Waals surface area contributed by atoms with Gasteiger partial charge in [0.2, 0.25) is 5.91 Å². The maximum Gasteiger partial charge on any atom is 0.329 e. The van der Waals surface area contributed by atoms with E-state index < -0.39 is 23.4 Å². The monoisotopic (exact) mass is 285 g/mol. The van der Waals surface area contributed by atoms with Gasteiger partial charge in [0.15, 0.2) is 0 Å². The Morgan fingerprint density at radius 3 is 2.55 bits per heavy atom. The summed E-state index contributed by atoms with van der Waals surface area (Å²) in [7, 11) is 0. The van der Waals surface area contributed by atoms with Crippen molar-refractivity contribution in [2.45, 2.75) is 45.1 Å². The Labute approximate surface area is 118 Å². The molecule has 3 amide bonds. The molecule has 1 atom stereocenters. The van der Waals surface area contributed by atoms with Gasteiger partial charge >= 0.3 is 12.0 Å². The number of carboxylic acid groups (broad SMARTS) is 1. The summed E-state index contributed by atoms with van der Waals surface area (Å²) < 4.78 is 0. The predicted molar refractivity (Wildman–Crippen MR) is 73.1 cm³/mol. The molecule has 0 aromatic carbocycles. The molecule has 20 heavy (non-hydrogen) atoms. The van der Waals surface area contributed by atoms with Crippen LogP contribution in [0, 0.1) is 0 Å². The second kappa shape index (κ2) is 6.58. The third-order valence-corrected chi connectivity index (χ3v) is 3.73. The molecule has 1 saturated heterocycles. The zero-order valence-corrected chi connectivity index (χ0v) is 12.1. The highest BCUT2D eigenvalue weighted by Crippen LogP contribution is 2.30. The van der Waals surface area contributed by atoms with Gasteiger partial charge in [-0.05, 0) is 26.2 Å². The average Bonchev–Trinajstić information content (AvgIpc) is 2.76. The van der Waals surface area contributed by atoms with Gasteiger partial charge in [-0.1, -0.05) is 13.3 Å². The topological polar surface area (TPSA) is 104 Å². The van der Waals surface area contributed by atoms with Gasteiger partial charge in [-0.2, -0.15) is 0 Å². The zero-order chi connectivity index (χ0) is 15.3. The van der Waals surface area contributed by atoms with Crippen LogP contribution in [0.2, 0.25) is 0 Å². The van der Waals surface area contributed by atoms with Crippen LogP contribution >= 0.6 is 0 Å². The summed E-state index contributed by atoms with van der Waals surface area (Å²) in [6, 6.07) is -0.417. The zero-order valence-electron chi connectivity index (χ0n) is 12.1. The fourth-order valence-corrected chi connectivity index (χ4v) is 2.44. The van der Waals surface area contributed by atoms with Crippen molar-refractivity contribution in [3.63, 3.8) is 0 Å². The van der Waals surface area contributed by atoms with Crippen molar-refractivity contribution in [1.82, 2.24) is 9.80 Å². The molecule has 7 heteroatoms. The van der Waals surface area contributed by atoms with Gasteiger partial charge in [0, 0.05) is 13.1 Å². The summed E-state index contributed by atoms with van der Waals surface area (Å²) in [6.07, 6.45) is 2.69. The molecule has 0 aromatic heterocycles. The number of likely N-dealkylation sites (tertiary alicyclic amines) is 1. The van der Waals surface area contributed by atoms with E-state index in [2.05, 4.69) is 0 Å². The molecule has 3 N–H and O–H groups in total. The number of unbranched alkanes of at least 4 members (excludes halogenated alkanes) is 1. The number of carbonyl (C=O) groups is 3. The average molecular weight is 285 g/mol. The van der Waals surface area contributed by atoms with Gasteiger partial charge in [-0.15, -0.1) is 0 Å². The summed E-state index contributed by atoms with van der Waals surface area (Å²) in [5.74, 6) is -1.61. The van der Waals surface area contributed by atoms with Crippen LogP contribution in [0.5, 0.6) is 0 Å². The Hall–Kier alpha value is -1.79. The first-order valence-corrected chi connectivity index (χ1v) is 6.91. The molecular weight excluding hydrogens is 262 g/mol.